The third kappa shape index (κ3) is 4.85. The van der Waals surface area contributed by atoms with E-state index in [0.717, 1.165) is 34.5 Å². The van der Waals surface area contributed by atoms with E-state index in [-0.39, 0.29) is 10.8 Å². The highest BCUT2D eigenvalue weighted by atomic mass is 32.2. The first-order chi connectivity index (χ1) is 17.1. The number of anilines is 1. The molecular formula is C28H28N2O5S. The molecule has 1 N–H and O–H groups in total. The molecule has 0 aliphatic rings. The summed E-state index contributed by atoms with van der Waals surface area (Å²) in [5, 5.41) is 2.87. The number of rotatable bonds is 7. The van der Waals surface area contributed by atoms with Crippen LogP contribution in [-0.2, 0) is 9.84 Å². The van der Waals surface area contributed by atoms with Crippen molar-refractivity contribution in [3.63, 3.8) is 0 Å². The van der Waals surface area contributed by atoms with Crippen LogP contribution in [0.25, 0.3) is 16.8 Å². The van der Waals surface area contributed by atoms with Gasteiger partial charge in [0.2, 0.25) is 0 Å². The van der Waals surface area contributed by atoms with Crippen molar-refractivity contribution in [1.82, 2.24) is 4.57 Å². The molecule has 0 aliphatic carbocycles. The van der Waals surface area contributed by atoms with Gasteiger partial charge in [0.1, 0.15) is 0 Å². The number of aryl methyl sites for hydroxylation is 1. The topological polar surface area (TPSA) is 86.6 Å². The van der Waals surface area contributed by atoms with E-state index < -0.39 is 9.84 Å². The quantitative estimate of drug-likeness (QED) is 0.362. The fraction of sp³-hybridized carbons (Fsp3) is 0.179. The summed E-state index contributed by atoms with van der Waals surface area (Å²) in [5.74, 6) is 1.01. The molecule has 1 aromatic heterocycles. The molecule has 0 aliphatic heterocycles. The van der Waals surface area contributed by atoms with Gasteiger partial charge in [-0.05, 0) is 67.9 Å². The Labute approximate surface area is 211 Å². The van der Waals surface area contributed by atoms with Gasteiger partial charge in [-0.1, -0.05) is 24.3 Å². The number of nitrogens with zero attached hydrogens (tertiary/aromatic N) is 1. The lowest BCUT2D eigenvalue weighted by atomic mass is 10.0. The SMILES string of the molecule is COc1ccc(-c2ccccc2-n2c(C)cc(C(=O)Nc3ccc(S(C)(=O)=O)cc3)c2C)cc1OC. The minimum absolute atomic E-state index is 0.199. The maximum atomic E-state index is 13.1. The molecule has 3 aromatic carbocycles. The molecule has 4 aromatic rings. The zero-order valence-corrected chi connectivity index (χ0v) is 21.6. The fourth-order valence-electron chi connectivity index (χ4n) is 4.26. The Bertz CT molecular complexity index is 1540. The largest absolute Gasteiger partial charge is 0.493 e. The highest BCUT2D eigenvalue weighted by molar-refractivity contribution is 7.90. The number of carbonyl (C=O) groups is 1. The molecule has 0 saturated carbocycles. The first kappa shape index (κ1) is 25.1. The normalized spacial score (nSPS) is 11.2. The highest BCUT2D eigenvalue weighted by Gasteiger charge is 2.19. The van der Waals surface area contributed by atoms with Crippen molar-refractivity contribution in [3.05, 3.63) is 89.7 Å². The van der Waals surface area contributed by atoms with Gasteiger partial charge in [0.25, 0.3) is 5.91 Å². The van der Waals surface area contributed by atoms with Crippen molar-refractivity contribution in [1.29, 1.82) is 0 Å². The van der Waals surface area contributed by atoms with Crippen molar-refractivity contribution in [3.8, 4) is 28.3 Å². The van der Waals surface area contributed by atoms with Crippen LogP contribution in [-0.4, -0.2) is 39.4 Å². The van der Waals surface area contributed by atoms with Gasteiger partial charge in [0, 0.05) is 28.9 Å². The molecule has 1 heterocycles. The molecule has 0 saturated heterocycles. The Morgan fingerprint density at radius 1 is 0.861 bits per heavy atom. The van der Waals surface area contributed by atoms with Gasteiger partial charge >= 0.3 is 0 Å². The smallest absolute Gasteiger partial charge is 0.257 e. The highest BCUT2D eigenvalue weighted by Crippen LogP contribution is 2.36. The van der Waals surface area contributed by atoms with Crippen LogP contribution in [0.4, 0.5) is 5.69 Å². The summed E-state index contributed by atoms with van der Waals surface area (Å²) < 4.78 is 36.3. The standard InChI is InChI=1S/C28H28N2O5S/c1-18-16-24(28(31)29-21-11-13-22(14-12-21)36(5,32)33)19(2)30(18)25-9-7-6-8-23(25)20-10-15-26(34-3)27(17-20)35-4/h6-17H,1-5H3,(H,29,31). The number of aromatic nitrogens is 1. The molecule has 0 unspecified atom stereocenters. The second kappa shape index (κ2) is 9.91. The van der Waals surface area contributed by atoms with E-state index in [9.17, 15) is 13.2 Å². The minimum Gasteiger partial charge on any atom is -0.493 e. The Morgan fingerprint density at radius 2 is 1.53 bits per heavy atom. The molecule has 0 spiro atoms. The number of sulfone groups is 1. The van der Waals surface area contributed by atoms with Gasteiger partial charge < -0.3 is 19.4 Å². The Hall–Kier alpha value is -4.04. The van der Waals surface area contributed by atoms with E-state index in [1.165, 1.54) is 12.1 Å². The lowest BCUT2D eigenvalue weighted by Gasteiger charge is -2.16. The molecule has 7 nitrogen and oxygen atoms in total. The average Bonchev–Trinajstić information content (AvgIpc) is 3.17. The number of amides is 1. The number of nitrogens with one attached hydrogen (secondary N) is 1. The predicted octanol–water partition coefficient (Wildman–Crippen LogP) is 5.43. The summed E-state index contributed by atoms with van der Waals surface area (Å²) in [6.45, 7) is 3.86. The van der Waals surface area contributed by atoms with Crippen LogP contribution in [0.1, 0.15) is 21.7 Å². The van der Waals surface area contributed by atoms with E-state index in [1.807, 2.05) is 66.9 Å². The summed E-state index contributed by atoms with van der Waals surface area (Å²) >= 11 is 0. The Morgan fingerprint density at radius 3 is 2.17 bits per heavy atom. The van der Waals surface area contributed by atoms with Crippen molar-refractivity contribution >= 4 is 21.4 Å². The number of hydrogen-bond donors (Lipinski definition) is 1. The number of ether oxygens (including phenoxy) is 2. The summed E-state index contributed by atoms with van der Waals surface area (Å²) in [4.78, 5) is 13.3. The number of hydrogen-bond acceptors (Lipinski definition) is 5. The lowest BCUT2D eigenvalue weighted by Crippen LogP contribution is -2.13. The van der Waals surface area contributed by atoms with Gasteiger partial charge in [-0.15, -0.1) is 0 Å². The molecule has 0 radical (unpaired) electrons. The van der Waals surface area contributed by atoms with E-state index in [4.69, 9.17) is 9.47 Å². The molecular weight excluding hydrogens is 476 g/mol. The van der Waals surface area contributed by atoms with Gasteiger partial charge in [0.05, 0.1) is 30.4 Å². The number of carbonyl (C=O) groups excluding carboxylic acids is 1. The maximum absolute atomic E-state index is 13.1. The van der Waals surface area contributed by atoms with E-state index in [1.54, 1.807) is 26.4 Å². The third-order valence-electron chi connectivity index (χ3n) is 6.06. The Balaban J connectivity index is 1.70. The minimum atomic E-state index is -3.31. The van der Waals surface area contributed by atoms with Crippen LogP contribution < -0.4 is 14.8 Å². The van der Waals surface area contributed by atoms with Crippen molar-refractivity contribution in [2.45, 2.75) is 18.7 Å². The number of methoxy groups -OCH3 is 2. The van der Waals surface area contributed by atoms with Crippen molar-refractivity contribution in [2.24, 2.45) is 0 Å². The lowest BCUT2D eigenvalue weighted by molar-refractivity contribution is 0.102. The van der Waals surface area contributed by atoms with Crippen molar-refractivity contribution in [2.75, 3.05) is 25.8 Å². The van der Waals surface area contributed by atoms with Gasteiger partial charge in [-0.3, -0.25) is 4.79 Å². The van der Waals surface area contributed by atoms with E-state index in [2.05, 4.69) is 5.32 Å². The van der Waals surface area contributed by atoms with Gasteiger partial charge in [-0.2, -0.15) is 0 Å². The Kier molecular flexibility index (Phi) is 6.90. The zero-order chi connectivity index (χ0) is 26.0. The van der Waals surface area contributed by atoms with E-state index >= 15 is 0 Å². The van der Waals surface area contributed by atoms with E-state index in [0.29, 0.717) is 22.7 Å². The molecule has 8 heteroatoms. The molecule has 4 rings (SSSR count). The fourth-order valence-corrected chi connectivity index (χ4v) is 4.89. The molecule has 186 valence electrons. The molecule has 36 heavy (non-hydrogen) atoms. The second-order valence-electron chi connectivity index (χ2n) is 8.46. The summed E-state index contributed by atoms with van der Waals surface area (Å²) in [6.07, 6.45) is 1.15. The van der Waals surface area contributed by atoms with Crippen LogP contribution >= 0.6 is 0 Å². The maximum Gasteiger partial charge on any atom is 0.257 e. The molecule has 0 atom stereocenters. The van der Waals surface area contributed by atoms with Crippen LogP contribution in [0.2, 0.25) is 0 Å². The van der Waals surface area contributed by atoms with Gasteiger partial charge in [0.15, 0.2) is 21.3 Å². The molecule has 0 bridgehead atoms. The second-order valence-corrected chi connectivity index (χ2v) is 10.5. The number of para-hydroxylation sites is 1. The van der Waals surface area contributed by atoms with Crippen LogP contribution in [0.15, 0.2) is 77.7 Å². The summed E-state index contributed by atoms with van der Waals surface area (Å²) in [7, 11) is -0.0999. The van der Waals surface area contributed by atoms with Crippen LogP contribution in [0.5, 0.6) is 11.5 Å². The monoisotopic (exact) mass is 504 g/mol. The molecule has 1 amide bonds. The zero-order valence-electron chi connectivity index (χ0n) is 20.8. The molecule has 0 fully saturated rings. The predicted molar refractivity (Wildman–Crippen MR) is 141 cm³/mol. The first-order valence-corrected chi connectivity index (χ1v) is 13.2. The first-order valence-electron chi connectivity index (χ1n) is 11.3. The summed E-state index contributed by atoms with van der Waals surface area (Å²) in [5.41, 5.74) is 5.58. The van der Waals surface area contributed by atoms with Crippen molar-refractivity contribution < 1.29 is 22.7 Å². The van der Waals surface area contributed by atoms with Crippen LogP contribution in [0.3, 0.4) is 0 Å². The van der Waals surface area contributed by atoms with Gasteiger partial charge in [-0.25, -0.2) is 8.42 Å². The van der Waals surface area contributed by atoms with Crippen LogP contribution in [0, 0.1) is 13.8 Å². The third-order valence-corrected chi connectivity index (χ3v) is 7.18. The average molecular weight is 505 g/mol. The number of benzene rings is 3. The summed E-state index contributed by atoms with van der Waals surface area (Å²) in [6, 6.07) is 21.7.